The third kappa shape index (κ3) is 1.67. The van der Waals surface area contributed by atoms with Gasteiger partial charge in [0.1, 0.15) is 12.7 Å². The number of benzene rings is 1. The summed E-state index contributed by atoms with van der Waals surface area (Å²) in [6.07, 6.45) is 1.97. The minimum Gasteiger partial charge on any atom is -0.486 e. The summed E-state index contributed by atoms with van der Waals surface area (Å²) >= 11 is 0. The largest absolute Gasteiger partial charge is 0.486 e. The molecule has 0 bridgehead atoms. The van der Waals surface area contributed by atoms with Gasteiger partial charge in [-0.05, 0) is 18.6 Å². The summed E-state index contributed by atoms with van der Waals surface area (Å²) in [4.78, 5) is 13.8. The summed E-state index contributed by atoms with van der Waals surface area (Å²) < 4.78 is 16.5. The van der Waals surface area contributed by atoms with Crippen molar-refractivity contribution in [3.63, 3.8) is 0 Å². The van der Waals surface area contributed by atoms with E-state index in [4.69, 9.17) is 13.9 Å². The summed E-state index contributed by atoms with van der Waals surface area (Å²) in [5.74, 6) is 0.688. The molecule has 90 valence electrons. The molecule has 0 spiro atoms. The van der Waals surface area contributed by atoms with Crippen LogP contribution in [0, 0.1) is 0 Å². The molecule has 0 amide bonds. The summed E-state index contributed by atoms with van der Waals surface area (Å²) in [7, 11) is 0. The van der Waals surface area contributed by atoms with Crippen LogP contribution in [0.1, 0.15) is 19.8 Å². The van der Waals surface area contributed by atoms with E-state index in [1.165, 1.54) is 0 Å². The van der Waals surface area contributed by atoms with E-state index in [0.717, 1.165) is 12.8 Å². The number of hydrogen-bond acceptors (Lipinski definition) is 4. The Kier molecular flexibility index (Phi) is 2.31. The van der Waals surface area contributed by atoms with Gasteiger partial charge in [-0.25, -0.2) is 4.79 Å². The number of nitrogens with one attached hydrogen (secondary N) is 1. The predicted molar refractivity (Wildman–Crippen MR) is 61.7 cm³/mol. The fraction of sp³-hybridized carbons (Fsp3) is 0.417. The summed E-state index contributed by atoms with van der Waals surface area (Å²) in [6.45, 7) is 2.64. The topological polar surface area (TPSA) is 64.5 Å². The number of oxazole rings is 1. The zero-order valence-corrected chi connectivity index (χ0v) is 9.49. The molecule has 1 N–H and O–H groups in total. The van der Waals surface area contributed by atoms with Crippen molar-refractivity contribution in [2.45, 2.75) is 25.9 Å². The lowest BCUT2D eigenvalue weighted by atomic mass is 10.2. The highest BCUT2D eigenvalue weighted by Gasteiger charge is 2.24. The van der Waals surface area contributed by atoms with Gasteiger partial charge in [-0.15, -0.1) is 0 Å². The second-order valence-corrected chi connectivity index (χ2v) is 4.12. The molecule has 2 aromatic rings. The van der Waals surface area contributed by atoms with Gasteiger partial charge in [-0.1, -0.05) is 13.3 Å². The maximum atomic E-state index is 11.2. The maximum absolute atomic E-state index is 11.2. The van der Waals surface area contributed by atoms with Gasteiger partial charge in [0.25, 0.3) is 0 Å². The number of hydrogen-bond donors (Lipinski definition) is 1. The van der Waals surface area contributed by atoms with Crippen LogP contribution in [0.2, 0.25) is 0 Å². The minimum atomic E-state index is -0.477. The van der Waals surface area contributed by atoms with E-state index in [1.54, 1.807) is 12.1 Å². The molecule has 5 heteroatoms. The van der Waals surface area contributed by atoms with Crippen LogP contribution in [-0.2, 0) is 0 Å². The molecule has 1 atom stereocenters. The molecule has 0 radical (unpaired) electrons. The van der Waals surface area contributed by atoms with E-state index in [9.17, 15) is 4.79 Å². The van der Waals surface area contributed by atoms with E-state index in [1.807, 2.05) is 0 Å². The molecule has 17 heavy (non-hydrogen) atoms. The van der Waals surface area contributed by atoms with Gasteiger partial charge >= 0.3 is 5.76 Å². The van der Waals surface area contributed by atoms with Gasteiger partial charge < -0.3 is 13.9 Å². The van der Waals surface area contributed by atoms with E-state index < -0.39 is 5.76 Å². The molecule has 5 nitrogen and oxygen atoms in total. The molecule has 1 unspecified atom stereocenters. The van der Waals surface area contributed by atoms with Crippen LogP contribution in [0.25, 0.3) is 11.1 Å². The zero-order chi connectivity index (χ0) is 11.8. The lowest BCUT2D eigenvalue weighted by molar-refractivity contribution is 0.0849. The fourth-order valence-electron chi connectivity index (χ4n) is 2.05. The van der Waals surface area contributed by atoms with Crippen molar-refractivity contribution in [3.05, 3.63) is 22.7 Å². The Morgan fingerprint density at radius 2 is 2.35 bits per heavy atom. The third-order valence-corrected chi connectivity index (χ3v) is 2.83. The van der Waals surface area contributed by atoms with Crippen LogP contribution in [0.15, 0.2) is 21.3 Å². The Labute approximate surface area is 97.3 Å². The van der Waals surface area contributed by atoms with Gasteiger partial charge in [0.05, 0.1) is 5.52 Å². The average Bonchev–Trinajstić information content (AvgIpc) is 2.70. The fourth-order valence-corrected chi connectivity index (χ4v) is 2.05. The first-order chi connectivity index (χ1) is 8.28. The Bertz CT molecular complexity index is 598. The van der Waals surface area contributed by atoms with E-state index in [0.29, 0.717) is 29.2 Å². The number of ether oxygens (including phenoxy) is 2. The maximum Gasteiger partial charge on any atom is 0.417 e. The van der Waals surface area contributed by atoms with Crippen LogP contribution < -0.4 is 15.2 Å². The summed E-state index contributed by atoms with van der Waals surface area (Å²) in [5, 5.41) is 0. The van der Waals surface area contributed by atoms with Crippen LogP contribution in [-0.4, -0.2) is 17.7 Å². The first-order valence-corrected chi connectivity index (χ1v) is 5.73. The lowest BCUT2D eigenvalue weighted by Gasteiger charge is -2.25. The van der Waals surface area contributed by atoms with Crippen molar-refractivity contribution in [1.29, 1.82) is 0 Å². The number of aromatic nitrogens is 1. The molecule has 3 rings (SSSR count). The standard InChI is InChI=1S/C12H13NO4/c1-2-3-7-6-15-9-5-4-8-10(11(9)16-7)17-12(14)13-8/h4-5,7H,2-3,6H2,1H3,(H,13,14). The van der Waals surface area contributed by atoms with Crippen molar-refractivity contribution in [2.75, 3.05) is 6.61 Å². The molecular weight excluding hydrogens is 222 g/mol. The number of fused-ring (bicyclic) bond motifs is 3. The van der Waals surface area contributed by atoms with Gasteiger partial charge in [0.2, 0.25) is 11.3 Å². The normalized spacial score (nSPS) is 18.5. The minimum absolute atomic E-state index is 0.0262. The number of H-pyrrole nitrogens is 1. The van der Waals surface area contributed by atoms with E-state index in [2.05, 4.69) is 11.9 Å². The molecule has 0 aliphatic carbocycles. The molecule has 0 saturated carbocycles. The molecule has 2 heterocycles. The quantitative estimate of drug-likeness (QED) is 0.865. The van der Waals surface area contributed by atoms with Gasteiger partial charge in [0.15, 0.2) is 5.75 Å². The highest BCUT2D eigenvalue weighted by Crippen LogP contribution is 2.38. The van der Waals surface area contributed by atoms with Crippen molar-refractivity contribution in [2.24, 2.45) is 0 Å². The van der Waals surface area contributed by atoms with Crippen LogP contribution in [0.5, 0.6) is 11.5 Å². The second kappa shape index (κ2) is 3.84. The van der Waals surface area contributed by atoms with Crippen molar-refractivity contribution in [1.82, 2.24) is 4.98 Å². The molecule has 1 aliphatic heterocycles. The van der Waals surface area contributed by atoms with Crippen LogP contribution in [0.3, 0.4) is 0 Å². The van der Waals surface area contributed by atoms with Gasteiger partial charge in [-0.2, -0.15) is 0 Å². The molecule has 1 aliphatic rings. The highest BCUT2D eigenvalue weighted by molar-refractivity contribution is 5.82. The number of rotatable bonds is 2. The van der Waals surface area contributed by atoms with Gasteiger partial charge in [0, 0.05) is 0 Å². The first-order valence-electron chi connectivity index (χ1n) is 5.73. The van der Waals surface area contributed by atoms with Crippen molar-refractivity contribution >= 4 is 11.1 Å². The highest BCUT2D eigenvalue weighted by atomic mass is 16.6. The summed E-state index contributed by atoms with van der Waals surface area (Å²) in [5.41, 5.74) is 1.07. The Morgan fingerprint density at radius 3 is 3.18 bits per heavy atom. The summed E-state index contributed by atoms with van der Waals surface area (Å²) in [6, 6.07) is 3.54. The van der Waals surface area contributed by atoms with E-state index in [-0.39, 0.29) is 6.10 Å². The Morgan fingerprint density at radius 1 is 1.47 bits per heavy atom. The Balaban J connectivity index is 2.08. The zero-order valence-electron chi connectivity index (χ0n) is 9.49. The molecule has 0 saturated heterocycles. The van der Waals surface area contributed by atoms with Crippen LogP contribution >= 0.6 is 0 Å². The van der Waals surface area contributed by atoms with E-state index >= 15 is 0 Å². The SMILES string of the molecule is CCCC1COc2ccc3[nH]c(=O)oc3c2O1. The smallest absolute Gasteiger partial charge is 0.417 e. The van der Waals surface area contributed by atoms with Gasteiger partial charge in [-0.3, -0.25) is 4.98 Å². The first kappa shape index (κ1) is 10.3. The monoisotopic (exact) mass is 235 g/mol. The van der Waals surface area contributed by atoms with Crippen molar-refractivity contribution < 1.29 is 13.9 Å². The molecular formula is C12H13NO4. The number of aromatic amines is 1. The molecule has 0 fully saturated rings. The third-order valence-electron chi connectivity index (χ3n) is 2.83. The van der Waals surface area contributed by atoms with Crippen LogP contribution in [0.4, 0.5) is 0 Å². The Hall–Kier alpha value is -1.91. The molecule has 1 aromatic carbocycles. The molecule has 1 aromatic heterocycles. The predicted octanol–water partition coefficient (Wildman–Crippen LogP) is 2.06. The second-order valence-electron chi connectivity index (χ2n) is 4.12. The van der Waals surface area contributed by atoms with Crippen molar-refractivity contribution in [3.8, 4) is 11.5 Å². The average molecular weight is 235 g/mol. The lowest BCUT2D eigenvalue weighted by Crippen LogP contribution is -2.28.